The molecule has 0 unspecified atom stereocenters. The number of likely N-dealkylation sites (N-methyl/N-ethyl adjacent to an activating group) is 1. The maximum absolute atomic E-state index is 4.32. The van der Waals surface area contributed by atoms with Crippen molar-refractivity contribution in [1.82, 2.24) is 14.5 Å². The normalized spacial score (nSPS) is 10.8. The Morgan fingerprint density at radius 3 is 2.71 bits per heavy atom. The van der Waals surface area contributed by atoms with Crippen LogP contribution < -0.4 is 5.32 Å². The van der Waals surface area contributed by atoms with E-state index in [1.807, 2.05) is 30.6 Å². The first-order valence-electron chi connectivity index (χ1n) is 5.75. The minimum atomic E-state index is 0.886. The molecule has 1 heterocycles. The van der Waals surface area contributed by atoms with Crippen LogP contribution in [0.25, 0.3) is 5.69 Å². The van der Waals surface area contributed by atoms with Crippen molar-refractivity contribution >= 4 is 5.95 Å². The van der Waals surface area contributed by atoms with Gasteiger partial charge in [-0.2, -0.15) is 0 Å². The summed E-state index contributed by atoms with van der Waals surface area (Å²) in [7, 11) is 4.12. The lowest BCUT2D eigenvalue weighted by molar-refractivity contribution is 0.425. The highest BCUT2D eigenvalue weighted by atomic mass is 15.2. The zero-order valence-corrected chi connectivity index (χ0v) is 10.3. The Hall–Kier alpha value is -1.81. The summed E-state index contributed by atoms with van der Waals surface area (Å²) in [6.45, 7) is 1.87. The molecule has 4 heteroatoms. The SMILES string of the molecule is CN(C)CCNc1nccn1-c1ccccc1. The summed E-state index contributed by atoms with van der Waals surface area (Å²) < 4.78 is 2.05. The Morgan fingerprint density at radius 1 is 1.24 bits per heavy atom. The fourth-order valence-electron chi connectivity index (χ4n) is 1.62. The van der Waals surface area contributed by atoms with Crippen LogP contribution in [0.15, 0.2) is 42.7 Å². The van der Waals surface area contributed by atoms with Gasteiger partial charge < -0.3 is 10.2 Å². The smallest absolute Gasteiger partial charge is 0.207 e. The third-order valence-electron chi connectivity index (χ3n) is 2.52. The second kappa shape index (κ2) is 5.50. The monoisotopic (exact) mass is 230 g/mol. The van der Waals surface area contributed by atoms with Gasteiger partial charge in [-0.05, 0) is 26.2 Å². The molecule has 0 aliphatic carbocycles. The van der Waals surface area contributed by atoms with Crippen LogP contribution in [0, 0.1) is 0 Å². The minimum absolute atomic E-state index is 0.886. The van der Waals surface area contributed by atoms with Gasteiger partial charge in [-0.1, -0.05) is 18.2 Å². The number of hydrogen-bond donors (Lipinski definition) is 1. The van der Waals surface area contributed by atoms with Crippen LogP contribution in [-0.4, -0.2) is 41.6 Å². The molecule has 0 atom stereocenters. The molecule has 0 saturated carbocycles. The number of benzene rings is 1. The molecule has 1 aromatic heterocycles. The van der Waals surface area contributed by atoms with Gasteiger partial charge in [-0.15, -0.1) is 0 Å². The van der Waals surface area contributed by atoms with E-state index in [4.69, 9.17) is 0 Å². The van der Waals surface area contributed by atoms with Gasteiger partial charge in [0.1, 0.15) is 0 Å². The van der Waals surface area contributed by atoms with Crippen molar-refractivity contribution in [2.24, 2.45) is 0 Å². The Morgan fingerprint density at radius 2 is 2.00 bits per heavy atom. The van der Waals surface area contributed by atoms with Crippen LogP contribution in [0.5, 0.6) is 0 Å². The molecule has 2 aromatic rings. The average Bonchev–Trinajstić information content (AvgIpc) is 2.78. The second-order valence-corrected chi connectivity index (χ2v) is 4.19. The maximum atomic E-state index is 4.32. The number of anilines is 1. The summed E-state index contributed by atoms with van der Waals surface area (Å²) in [5, 5.41) is 3.33. The number of hydrogen-bond acceptors (Lipinski definition) is 3. The first-order valence-corrected chi connectivity index (χ1v) is 5.75. The summed E-state index contributed by atoms with van der Waals surface area (Å²) in [6.07, 6.45) is 3.78. The van der Waals surface area contributed by atoms with Crippen molar-refractivity contribution in [3.8, 4) is 5.69 Å². The Kier molecular flexibility index (Phi) is 3.77. The van der Waals surface area contributed by atoms with Crippen molar-refractivity contribution in [3.63, 3.8) is 0 Å². The van der Waals surface area contributed by atoms with Crippen molar-refractivity contribution in [1.29, 1.82) is 0 Å². The van der Waals surface area contributed by atoms with Crippen molar-refractivity contribution in [3.05, 3.63) is 42.7 Å². The summed E-state index contributed by atoms with van der Waals surface area (Å²) in [5.41, 5.74) is 1.12. The molecule has 0 spiro atoms. The number of nitrogens with zero attached hydrogens (tertiary/aromatic N) is 3. The van der Waals surface area contributed by atoms with E-state index in [-0.39, 0.29) is 0 Å². The van der Waals surface area contributed by atoms with Crippen LogP contribution in [0.4, 0.5) is 5.95 Å². The molecule has 0 saturated heterocycles. The van der Waals surface area contributed by atoms with Gasteiger partial charge in [0.05, 0.1) is 0 Å². The van der Waals surface area contributed by atoms with Gasteiger partial charge in [-0.25, -0.2) is 4.98 Å². The zero-order chi connectivity index (χ0) is 12.1. The lowest BCUT2D eigenvalue weighted by Crippen LogP contribution is -2.21. The van der Waals surface area contributed by atoms with Crippen molar-refractivity contribution < 1.29 is 0 Å². The molecular formula is C13H18N4. The van der Waals surface area contributed by atoms with Crippen molar-refractivity contribution in [2.45, 2.75) is 0 Å². The van der Waals surface area contributed by atoms with Crippen LogP contribution in [0.2, 0.25) is 0 Å². The standard InChI is InChI=1S/C13H18N4/c1-16(2)10-8-14-13-15-9-11-17(13)12-6-4-3-5-7-12/h3-7,9,11H,8,10H2,1-2H3,(H,14,15). The van der Waals surface area contributed by atoms with Gasteiger partial charge in [-0.3, -0.25) is 4.57 Å². The van der Waals surface area contributed by atoms with E-state index < -0.39 is 0 Å². The van der Waals surface area contributed by atoms with Crippen molar-refractivity contribution in [2.75, 3.05) is 32.5 Å². The third-order valence-corrected chi connectivity index (χ3v) is 2.52. The highest BCUT2D eigenvalue weighted by Crippen LogP contribution is 2.13. The summed E-state index contributed by atoms with van der Waals surface area (Å²) in [4.78, 5) is 6.46. The minimum Gasteiger partial charge on any atom is -0.354 e. The molecule has 0 aliphatic heterocycles. The number of rotatable bonds is 5. The Labute approximate surface area is 102 Å². The zero-order valence-electron chi connectivity index (χ0n) is 10.3. The first kappa shape index (κ1) is 11.7. The molecule has 0 amide bonds. The molecule has 90 valence electrons. The van der Waals surface area contributed by atoms with Gasteiger partial charge in [0.2, 0.25) is 5.95 Å². The number of imidazole rings is 1. The fraction of sp³-hybridized carbons (Fsp3) is 0.308. The fourth-order valence-corrected chi connectivity index (χ4v) is 1.62. The van der Waals surface area contributed by atoms with E-state index in [1.165, 1.54) is 0 Å². The maximum Gasteiger partial charge on any atom is 0.207 e. The molecule has 17 heavy (non-hydrogen) atoms. The molecule has 0 bridgehead atoms. The van der Waals surface area contributed by atoms with Crippen LogP contribution in [-0.2, 0) is 0 Å². The Bertz CT molecular complexity index is 447. The molecule has 2 rings (SSSR count). The van der Waals surface area contributed by atoms with Gasteiger partial charge >= 0.3 is 0 Å². The second-order valence-electron chi connectivity index (χ2n) is 4.19. The average molecular weight is 230 g/mol. The first-order chi connectivity index (χ1) is 8.27. The lowest BCUT2D eigenvalue weighted by Gasteiger charge is -2.12. The number of para-hydroxylation sites is 1. The van der Waals surface area contributed by atoms with E-state index in [0.717, 1.165) is 24.7 Å². The molecular weight excluding hydrogens is 212 g/mol. The van der Waals surface area contributed by atoms with Crippen LogP contribution >= 0.6 is 0 Å². The molecule has 0 aliphatic rings. The summed E-state index contributed by atoms with van der Waals surface area (Å²) >= 11 is 0. The molecule has 1 aromatic carbocycles. The molecule has 4 nitrogen and oxygen atoms in total. The van der Waals surface area contributed by atoms with Crippen LogP contribution in [0.1, 0.15) is 0 Å². The third kappa shape index (κ3) is 3.07. The number of nitrogens with one attached hydrogen (secondary N) is 1. The summed E-state index contributed by atoms with van der Waals surface area (Å²) in [6, 6.07) is 10.2. The summed E-state index contributed by atoms with van der Waals surface area (Å²) in [5.74, 6) is 0.887. The predicted octanol–water partition coefficient (Wildman–Crippen LogP) is 1.85. The number of aromatic nitrogens is 2. The van der Waals surface area contributed by atoms with E-state index in [0.29, 0.717) is 0 Å². The van der Waals surface area contributed by atoms with Gasteiger partial charge in [0, 0.05) is 31.2 Å². The molecule has 0 fully saturated rings. The largest absolute Gasteiger partial charge is 0.354 e. The quantitative estimate of drug-likeness (QED) is 0.851. The predicted molar refractivity (Wildman–Crippen MR) is 70.6 cm³/mol. The van der Waals surface area contributed by atoms with Gasteiger partial charge in [0.25, 0.3) is 0 Å². The molecule has 1 N–H and O–H groups in total. The Balaban J connectivity index is 2.07. The van der Waals surface area contributed by atoms with Crippen LogP contribution in [0.3, 0.4) is 0 Å². The molecule has 0 radical (unpaired) electrons. The van der Waals surface area contributed by atoms with E-state index in [2.05, 4.69) is 46.0 Å². The highest BCUT2D eigenvalue weighted by Gasteiger charge is 2.03. The van der Waals surface area contributed by atoms with E-state index in [1.54, 1.807) is 0 Å². The van der Waals surface area contributed by atoms with E-state index in [9.17, 15) is 0 Å². The highest BCUT2D eigenvalue weighted by molar-refractivity contribution is 5.41. The lowest BCUT2D eigenvalue weighted by atomic mass is 10.3. The van der Waals surface area contributed by atoms with Gasteiger partial charge in [0.15, 0.2) is 0 Å². The topological polar surface area (TPSA) is 33.1 Å². The van der Waals surface area contributed by atoms with E-state index >= 15 is 0 Å².